The molecule has 0 aliphatic carbocycles. The lowest BCUT2D eigenvalue weighted by molar-refractivity contribution is 0.304. The van der Waals surface area contributed by atoms with Crippen LogP contribution in [0.15, 0.2) is 170 Å². The molecule has 0 aliphatic rings. The maximum Gasteiger partial charge on any atom is 0.171 e. The summed E-state index contributed by atoms with van der Waals surface area (Å²) < 4.78 is 36.5. The molecule has 0 radical (unpaired) electrons. The number of hydrogen-bond donors (Lipinski definition) is 0. The molecule has 0 heterocycles. The van der Waals surface area contributed by atoms with Crippen LogP contribution in [0.2, 0.25) is 0 Å². The second-order valence-electron chi connectivity index (χ2n) is 10.4. The van der Waals surface area contributed by atoms with Gasteiger partial charge in [0.2, 0.25) is 0 Å². The van der Waals surface area contributed by atoms with E-state index < -0.39 is 14.3 Å². The molecule has 5 heteroatoms. The Bertz CT molecular complexity index is 1800. The van der Waals surface area contributed by atoms with Gasteiger partial charge in [0.1, 0.15) is 19.5 Å². The van der Waals surface area contributed by atoms with Crippen LogP contribution < -0.4 is 31.3 Å². The first-order chi connectivity index (χ1) is 21.1. The fraction of sp³-hybridized carbons (Fsp3) is 0.0526. The maximum absolute atomic E-state index is 15.1. The summed E-state index contributed by atoms with van der Waals surface area (Å²) in [5.74, 6) is 0.665. The lowest BCUT2D eigenvalue weighted by Gasteiger charge is -2.24. The third-order valence-corrected chi connectivity index (χ3v) is 13.9. The molecular weight excluding hydrogens is 566 g/mol. The molecule has 0 saturated carbocycles. The number of benzene rings is 6. The molecule has 0 N–H and O–H groups in total. The van der Waals surface area contributed by atoms with E-state index in [-0.39, 0.29) is 6.61 Å². The Labute approximate surface area is 253 Å². The molecule has 0 saturated heterocycles. The van der Waals surface area contributed by atoms with Crippen molar-refractivity contribution < 1.29 is 13.9 Å². The highest BCUT2D eigenvalue weighted by Gasteiger charge is 2.32. The smallest absolute Gasteiger partial charge is 0.171 e. The normalized spacial score (nSPS) is 11.6. The van der Waals surface area contributed by atoms with Gasteiger partial charge in [-0.1, -0.05) is 164 Å². The topological polar surface area (TPSA) is 43.4 Å². The molecule has 6 aromatic rings. The van der Waals surface area contributed by atoms with Crippen LogP contribution in [0.1, 0.15) is 11.1 Å². The molecule has 212 valence electrons. The van der Waals surface area contributed by atoms with Gasteiger partial charge in [-0.3, -0.25) is 0 Å². The standard InChI is InChI=1S/C38H32O3P2/c39-42(33-19-5-1-6-20-33,34-21-7-2-8-22-34)30-32-18-13-15-27-37(32)41-29-31-17-14-16-28-38(31)43(40,35-23-9-3-10-24-35)36-25-11-4-12-26-36/h1-28H,29-30H2. The summed E-state index contributed by atoms with van der Waals surface area (Å²) in [4.78, 5) is 0. The molecule has 3 nitrogen and oxygen atoms in total. The zero-order chi connectivity index (χ0) is 29.5. The number of para-hydroxylation sites is 1. The lowest BCUT2D eigenvalue weighted by Crippen LogP contribution is -2.27. The van der Waals surface area contributed by atoms with Crippen LogP contribution in [0.4, 0.5) is 0 Å². The largest absolute Gasteiger partial charge is 0.489 e. The summed E-state index contributed by atoms with van der Waals surface area (Å²) in [6.07, 6.45) is 0.325. The highest BCUT2D eigenvalue weighted by Crippen LogP contribution is 2.48. The van der Waals surface area contributed by atoms with Crippen molar-refractivity contribution in [3.05, 3.63) is 181 Å². The van der Waals surface area contributed by atoms with Crippen LogP contribution in [-0.4, -0.2) is 0 Å². The van der Waals surface area contributed by atoms with Crippen molar-refractivity contribution in [2.45, 2.75) is 12.8 Å². The summed E-state index contributed by atoms with van der Waals surface area (Å²) in [5.41, 5.74) is 1.72. The first-order valence-electron chi connectivity index (χ1n) is 14.3. The molecule has 0 spiro atoms. The van der Waals surface area contributed by atoms with Gasteiger partial charge in [0.25, 0.3) is 0 Å². The van der Waals surface area contributed by atoms with Crippen LogP contribution in [0, 0.1) is 0 Å². The third-order valence-electron chi connectivity index (χ3n) is 7.67. The van der Waals surface area contributed by atoms with Gasteiger partial charge in [-0.25, -0.2) is 0 Å². The predicted molar refractivity (Wildman–Crippen MR) is 180 cm³/mol. The molecule has 0 amide bonds. The van der Waals surface area contributed by atoms with Crippen molar-refractivity contribution in [1.29, 1.82) is 0 Å². The highest BCUT2D eigenvalue weighted by molar-refractivity contribution is 7.85. The van der Waals surface area contributed by atoms with Crippen molar-refractivity contribution in [3.63, 3.8) is 0 Å². The minimum absolute atomic E-state index is 0.220. The molecule has 6 rings (SSSR count). The fourth-order valence-electron chi connectivity index (χ4n) is 5.48. The van der Waals surface area contributed by atoms with E-state index in [1.165, 1.54) is 0 Å². The van der Waals surface area contributed by atoms with Gasteiger partial charge in [0.05, 0.1) is 0 Å². The zero-order valence-corrected chi connectivity index (χ0v) is 25.5. The minimum atomic E-state index is -3.19. The van der Waals surface area contributed by atoms with E-state index in [0.717, 1.165) is 37.6 Å². The Morgan fingerprint density at radius 3 is 1.33 bits per heavy atom. The van der Waals surface area contributed by atoms with Crippen molar-refractivity contribution in [1.82, 2.24) is 0 Å². The zero-order valence-electron chi connectivity index (χ0n) is 23.7. The SMILES string of the molecule is O=P(Cc1ccccc1OCc1ccccc1P(=O)(c1ccccc1)c1ccccc1)(c1ccccc1)c1ccccc1. The Hall–Kier alpha value is -4.42. The van der Waals surface area contributed by atoms with E-state index in [1.54, 1.807) is 0 Å². The Kier molecular flexibility index (Phi) is 8.57. The molecule has 0 aliphatic heterocycles. The molecule has 6 aromatic carbocycles. The lowest BCUT2D eigenvalue weighted by atomic mass is 10.2. The van der Waals surface area contributed by atoms with Crippen LogP contribution >= 0.6 is 14.3 Å². The van der Waals surface area contributed by atoms with E-state index in [0.29, 0.717) is 11.9 Å². The third kappa shape index (κ3) is 5.93. The van der Waals surface area contributed by atoms with Gasteiger partial charge in [-0.15, -0.1) is 0 Å². The average Bonchev–Trinajstić information content (AvgIpc) is 3.09. The van der Waals surface area contributed by atoms with Gasteiger partial charge in [0, 0.05) is 43.8 Å². The van der Waals surface area contributed by atoms with Gasteiger partial charge in [-0.2, -0.15) is 0 Å². The Morgan fingerprint density at radius 1 is 0.419 bits per heavy atom. The summed E-state index contributed by atoms with van der Waals surface area (Å²) in [6, 6.07) is 54.3. The summed E-state index contributed by atoms with van der Waals surface area (Å²) >= 11 is 0. The minimum Gasteiger partial charge on any atom is -0.489 e. The van der Waals surface area contributed by atoms with Gasteiger partial charge in [-0.05, 0) is 6.07 Å². The number of rotatable bonds is 10. The van der Waals surface area contributed by atoms with Gasteiger partial charge >= 0.3 is 0 Å². The maximum atomic E-state index is 15.1. The Balaban J connectivity index is 1.36. The first kappa shape index (κ1) is 28.7. The molecule has 43 heavy (non-hydrogen) atoms. The van der Waals surface area contributed by atoms with Crippen LogP contribution in [-0.2, 0) is 21.9 Å². The van der Waals surface area contributed by atoms with Crippen molar-refractivity contribution >= 4 is 40.8 Å². The summed E-state index contributed by atoms with van der Waals surface area (Å²) in [6.45, 7) is 0.220. The number of ether oxygens (including phenoxy) is 1. The van der Waals surface area contributed by atoms with Crippen molar-refractivity contribution in [2.24, 2.45) is 0 Å². The monoisotopic (exact) mass is 598 g/mol. The first-order valence-corrected chi connectivity index (χ1v) is 17.9. The van der Waals surface area contributed by atoms with E-state index >= 15 is 4.57 Å². The van der Waals surface area contributed by atoms with E-state index in [1.807, 2.05) is 170 Å². The summed E-state index contributed by atoms with van der Waals surface area (Å²) in [5, 5.41) is 3.94. The van der Waals surface area contributed by atoms with Crippen LogP contribution in [0.3, 0.4) is 0 Å². The van der Waals surface area contributed by atoms with Gasteiger partial charge < -0.3 is 13.9 Å². The highest BCUT2D eigenvalue weighted by atomic mass is 31.2. The van der Waals surface area contributed by atoms with Crippen molar-refractivity contribution in [2.75, 3.05) is 0 Å². The molecule has 0 unspecified atom stereocenters. The molecule has 0 aromatic heterocycles. The molecule has 0 bridgehead atoms. The number of hydrogen-bond acceptors (Lipinski definition) is 3. The molecule has 0 fully saturated rings. The second-order valence-corrected chi connectivity index (χ2v) is 15.9. The van der Waals surface area contributed by atoms with Gasteiger partial charge in [0.15, 0.2) is 7.14 Å². The average molecular weight is 599 g/mol. The van der Waals surface area contributed by atoms with E-state index in [9.17, 15) is 4.57 Å². The van der Waals surface area contributed by atoms with Crippen LogP contribution in [0.25, 0.3) is 0 Å². The molecular formula is C38H32O3P2. The van der Waals surface area contributed by atoms with Crippen LogP contribution in [0.5, 0.6) is 5.75 Å². The fourth-order valence-corrected chi connectivity index (χ4v) is 11.1. The Morgan fingerprint density at radius 2 is 0.814 bits per heavy atom. The second kappa shape index (κ2) is 12.8. The summed E-state index contributed by atoms with van der Waals surface area (Å²) in [7, 11) is -6.19. The van der Waals surface area contributed by atoms with E-state index in [2.05, 4.69) is 0 Å². The molecule has 0 atom stereocenters. The van der Waals surface area contributed by atoms with E-state index in [4.69, 9.17) is 4.74 Å². The quantitative estimate of drug-likeness (QED) is 0.154. The van der Waals surface area contributed by atoms with Crippen molar-refractivity contribution in [3.8, 4) is 5.75 Å². The predicted octanol–water partition coefficient (Wildman–Crippen LogP) is 7.42.